The summed E-state index contributed by atoms with van der Waals surface area (Å²) in [5.74, 6) is -1.64. The largest absolute Gasteiger partial charge is 0.370 e. The number of aromatic nitrogens is 2. The molecule has 0 aliphatic carbocycles. The highest BCUT2D eigenvalue weighted by Crippen LogP contribution is 2.33. The first-order valence-corrected chi connectivity index (χ1v) is 6.87. The van der Waals surface area contributed by atoms with Crippen molar-refractivity contribution in [3.05, 3.63) is 29.6 Å². The SMILES string of the molecule is CC(Cl)c1nc2c(F)cc(F)cc2n1C(C)(C)CC(N)=O. The van der Waals surface area contributed by atoms with Crippen molar-refractivity contribution in [2.75, 3.05) is 0 Å². The molecule has 1 aromatic carbocycles. The van der Waals surface area contributed by atoms with Crippen molar-refractivity contribution in [3.8, 4) is 0 Å². The summed E-state index contributed by atoms with van der Waals surface area (Å²) in [6, 6.07) is 1.94. The number of hydrogen-bond donors (Lipinski definition) is 1. The number of alkyl halides is 1. The number of carbonyl (C=O) groups excluding carboxylic acids is 1. The number of hydrogen-bond acceptors (Lipinski definition) is 2. The normalized spacial score (nSPS) is 13.6. The lowest BCUT2D eigenvalue weighted by Crippen LogP contribution is -2.33. The Balaban J connectivity index is 2.81. The molecule has 21 heavy (non-hydrogen) atoms. The summed E-state index contributed by atoms with van der Waals surface area (Å²) in [6.07, 6.45) is -0.00674. The van der Waals surface area contributed by atoms with Gasteiger partial charge in [0.1, 0.15) is 17.2 Å². The molecule has 2 rings (SSSR count). The van der Waals surface area contributed by atoms with E-state index in [4.69, 9.17) is 17.3 Å². The van der Waals surface area contributed by atoms with E-state index in [1.165, 1.54) is 6.07 Å². The fraction of sp³-hybridized carbons (Fsp3) is 0.429. The molecule has 0 saturated carbocycles. The van der Waals surface area contributed by atoms with Crippen LogP contribution in [0.4, 0.5) is 8.78 Å². The highest BCUT2D eigenvalue weighted by molar-refractivity contribution is 6.20. The molecule has 0 aliphatic rings. The van der Waals surface area contributed by atoms with E-state index in [1.54, 1.807) is 25.3 Å². The molecule has 1 amide bonds. The van der Waals surface area contributed by atoms with Crippen molar-refractivity contribution in [2.45, 2.75) is 38.1 Å². The van der Waals surface area contributed by atoms with E-state index < -0.39 is 28.5 Å². The smallest absolute Gasteiger partial charge is 0.219 e. The molecule has 7 heteroatoms. The Morgan fingerprint density at radius 1 is 1.48 bits per heavy atom. The molecule has 0 fully saturated rings. The van der Waals surface area contributed by atoms with Crippen molar-refractivity contribution < 1.29 is 13.6 Å². The number of benzene rings is 1. The van der Waals surface area contributed by atoms with E-state index >= 15 is 0 Å². The predicted molar refractivity (Wildman–Crippen MR) is 77.1 cm³/mol. The molecular formula is C14H16ClF2N3O. The van der Waals surface area contributed by atoms with Crippen LogP contribution in [0.15, 0.2) is 12.1 Å². The average Bonchev–Trinajstić information content (AvgIpc) is 2.67. The third-order valence-corrected chi connectivity index (χ3v) is 3.47. The Labute approximate surface area is 125 Å². The Bertz CT molecular complexity index is 710. The Kier molecular flexibility index (Phi) is 3.93. The van der Waals surface area contributed by atoms with Gasteiger partial charge in [0.05, 0.1) is 10.9 Å². The van der Waals surface area contributed by atoms with Gasteiger partial charge in [-0.15, -0.1) is 11.6 Å². The van der Waals surface area contributed by atoms with E-state index in [0.29, 0.717) is 5.82 Å². The second-order valence-electron chi connectivity index (χ2n) is 5.63. The molecule has 1 heterocycles. The molecule has 2 N–H and O–H groups in total. The van der Waals surface area contributed by atoms with E-state index in [2.05, 4.69) is 4.98 Å². The minimum Gasteiger partial charge on any atom is -0.370 e. The third kappa shape index (κ3) is 2.85. The second-order valence-corrected chi connectivity index (χ2v) is 6.29. The van der Waals surface area contributed by atoms with Crippen LogP contribution >= 0.6 is 11.6 Å². The van der Waals surface area contributed by atoms with Gasteiger partial charge < -0.3 is 10.3 Å². The maximum atomic E-state index is 13.9. The standard InChI is InChI=1S/C14H16ClF2N3O/c1-7(15)13-19-12-9(17)4-8(16)5-10(12)20(13)14(2,3)6-11(18)21/h4-5,7H,6H2,1-3H3,(H2,18,21). The zero-order chi connectivity index (χ0) is 15.9. The summed E-state index contributed by atoms with van der Waals surface area (Å²) in [5, 5.41) is -0.535. The lowest BCUT2D eigenvalue weighted by atomic mass is 9.99. The minimum atomic E-state index is -0.806. The van der Waals surface area contributed by atoms with Gasteiger partial charge in [0.15, 0.2) is 5.82 Å². The molecule has 0 aliphatic heterocycles. The number of nitrogens with zero attached hydrogens (tertiary/aromatic N) is 2. The van der Waals surface area contributed by atoms with Crippen LogP contribution in [-0.4, -0.2) is 15.5 Å². The minimum absolute atomic E-state index is 0.00674. The first-order chi connectivity index (χ1) is 9.63. The average molecular weight is 316 g/mol. The van der Waals surface area contributed by atoms with Gasteiger partial charge in [-0.1, -0.05) is 0 Å². The van der Waals surface area contributed by atoms with Gasteiger partial charge in [0.2, 0.25) is 5.91 Å². The second kappa shape index (κ2) is 5.26. The molecule has 0 saturated heterocycles. The van der Waals surface area contributed by atoms with Crippen LogP contribution in [0.3, 0.4) is 0 Å². The van der Waals surface area contributed by atoms with Gasteiger partial charge in [0.25, 0.3) is 0 Å². The van der Waals surface area contributed by atoms with Gasteiger partial charge in [0, 0.05) is 18.0 Å². The van der Waals surface area contributed by atoms with E-state index in [-0.39, 0.29) is 17.5 Å². The lowest BCUT2D eigenvalue weighted by molar-refractivity contribution is -0.119. The summed E-state index contributed by atoms with van der Waals surface area (Å²) in [6.45, 7) is 5.16. The summed E-state index contributed by atoms with van der Waals surface area (Å²) in [7, 11) is 0. The van der Waals surface area contributed by atoms with Crippen molar-refractivity contribution in [2.24, 2.45) is 5.73 Å². The summed E-state index contributed by atoms with van der Waals surface area (Å²) < 4.78 is 29.0. The van der Waals surface area contributed by atoms with Crippen LogP contribution in [0.1, 0.15) is 38.4 Å². The summed E-state index contributed by atoms with van der Waals surface area (Å²) in [4.78, 5) is 15.4. The van der Waals surface area contributed by atoms with Crippen LogP contribution in [-0.2, 0) is 10.3 Å². The molecule has 0 bridgehead atoms. The fourth-order valence-electron chi connectivity index (χ4n) is 2.53. The molecule has 1 unspecified atom stereocenters. The van der Waals surface area contributed by atoms with Crippen LogP contribution in [0.2, 0.25) is 0 Å². The van der Waals surface area contributed by atoms with Crippen LogP contribution < -0.4 is 5.73 Å². The first kappa shape index (κ1) is 15.7. The van der Waals surface area contributed by atoms with Crippen molar-refractivity contribution in [3.63, 3.8) is 0 Å². The monoisotopic (exact) mass is 315 g/mol. The highest BCUT2D eigenvalue weighted by Gasteiger charge is 2.30. The molecule has 0 radical (unpaired) electrons. The first-order valence-electron chi connectivity index (χ1n) is 6.43. The van der Waals surface area contributed by atoms with Gasteiger partial charge in [-0.2, -0.15) is 0 Å². The van der Waals surface area contributed by atoms with E-state index in [1.807, 2.05) is 0 Å². The number of carbonyl (C=O) groups is 1. The van der Waals surface area contributed by atoms with Crippen LogP contribution in [0.5, 0.6) is 0 Å². The van der Waals surface area contributed by atoms with Crippen LogP contribution in [0.25, 0.3) is 11.0 Å². The number of nitrogens with two attached hydrogens (primary N) is 1. The number of halogens is 3. The molecule has 0 spiro atoms. The highest BCUT2D eigenvalue weighted by atomic mass is 35.5. The fourth-order valence-corrected chi connectivity index (χ4v) is 2.68. The molecule has 4 nitrogen and oxygen atoms in total. The number of fused-ring (bicyclic) bond motifs is 1. The molecule has 1 aromatic heterocycles. The Morgan fingerprint density at radius 2 is 2.10 bits per heavy atom. The zero-order valence-corrected chi connectivity index (χ0v) is 12.7. The Hall–Kier alpha value is -1.69. The quantitative estimate of drug-likeness (QED) is 0.881. The number of primary amides is 1. The van der Waals surface area contributed by atoms with Crippen LogP contribution in [0, 0.1) is 11.6 Å². The van der Waals surface area contributed by atoms with Gasteiger partial charge in [-0.05, 0) is 26.8 Å². The summed E-state index contributed by atoms with van der Waals surface area (Å²) >= 11 is 6.10. The van der Waals surface area contributed by atoms with Gasteiger partial charge in [-0.25, -0.2) is 13.8 Å². The van der Waals surface area contributed by atoms with Crippen molar-refractivity contribution >= 4 is 28.5 Å². The number of amides is 1. The van der Waals surface area contributed by atoms with Crippen molar-refractivity contribution in [1.82, 2.24) is 9.55 Å². The Morgan fingerprint density at radius 3 is 2.62 bits per heavy atom. The summed E-state index contributed by atoms with van der Waals surface area (Å²) in [5.41, 5.74) is 4.73. The predicted octanol–water partition coefficient (Wildman–Crippen LogP) is 3.22. The van der Waals surface area contributed by atoms with Gasteiger partial charge >= 0.3 is 0 Å². The molecular weight excluding hydrogens is 300 g/mol. The number of imidazole rings is 1. The number of rotatable bonds is 4. The molecule has 114 valence electrons. The molecule has 2 aromatic rings. The third-order valence-electron chi connectivity index (χ3n) is 3.27. The van der Waals surface area contributed by atoms with Gasteiger partial charge in [-0.3, -0.25) is 4.79 Å². The molecule has 1 atom stereocenters. The van der Waals surface area contributed by atoms with E-state index in [0.717, 1.165) is 6.07 Å². The topological polar surface area (TPSA) is 60.9 Å². The van der Waals surface area contributed by atoms with Crippen molar-refractivity contribution in [1.29, 1.82) is 0 Å². The zero-order valence-electron chi connectivity index (χ0n) is 12.0. The maximum absolute atomic E-state index is 13.9. The maximum Gasteiger partial charge on any atom is 0.219 e. The van der Waals surface area contributed by atoms with E-state index in [9.17, 15) is 13.6 Å². The lowest BCUT2D eigenvalue weighted by Gasteiger charge is -2.28.